The van der Waals surface area contributed by atoms with Gasteiger partial charge in [-0.25, -0.2) is 4.68 Å². The Morgan fingerprint density at radius 2 is 1.65 bits per heavy atom. The number of rotatable bonds is 10. The Bertz CT molecular complexity index is 1480. The number of carbonyl (C=O) groups is 2. The molecule has 10 nitrogen and oxygen atoms in total. The van der Waals surface area contributed by atoms with Gasteiger partial charge in [-0.3, -0.25) is 14.5 Å². The first-order valence-electron chi connectivity index (χ1n) is 13.3. The molecule has 0 bridgehead atoms. The van der Waals surface area contributed by atoms with Crippen molar-refractivity contribution in [2.75, 3.05) is 26.2 Å². The molecule has 1 atom stereocenters. The maximum atomic E-state index is 14.2. The highest BCUT2D eigenvalue weighted by atomic mass is 16.5. The fourth-order valence-electron chi connectivity index (χ4n) is 5.21. The number of carbonyl (C=O) groups excluding carboxylic acids is 2. The molecule has 40 heavy (non-hydrogen) atoms. The van der Waals surface area contributed by atoms with Gasteiger partial charge >= 0.3 is 0 Å². The summed E-state index contributed by atoms with van der Waals surface area (Å²) in [6, 6.07) is 18.7. The fourth-order valence-corrected chi connectivity index (χ4v) is 5.21. The van der Waals surface area contributed by atoms with Crippen molar-refractivity contribution < 1.29 is 23.8 Å². The van der Waals surface area contributed by atoms with Crippen LogP contribution in [0.25, 0.3) is 11.0 Å². The molecule has 1 aliphatic rings. The van der Waals surface area contributed by atoms with Crippen LogP contribution in [0.5, 0.6) is 17.2 Å². The molecule has 2 amide bonds. The highest BCUT2D eigenvalue weighted by molar-refractivity contribution is 6.02. The summed E-state index contributed by atoms with van der Waals surface area (Å²) >= 11 is 0. The second-order valence-electron chi connectivity index (χ2n) is 9.70. The molecule has 1 heterocycles. The van der Waals surface area contributed by atoms with Crippen LogP contribution in [0, 0.1) is 0 Å². The second-order valence-corrected chi connectivity index (χ2v) is 9.70. The lowest BCUT2D eigenvalue weighted by Gasteiger charge is -2.33. The summed E-state index contributed by atoms with van der Waals surface area (Å²) in [5.41, 5.74) is 2.46. The molecule has 10 heteroatoms. The van der Waals surface area contributed by atoms with Crippen molar-refractivity contribution in [1.82, 2.24) is 20.3 Å². The third-order valence-corrected chi connectivity index (χ3v) is 7.27. The Balaban J connectivity index is 1.62. The van der Waals surface area contributed by atoms with E-state index in [1.165, 1.54) is 12.0 Å². The van der Waals surface area contributed by atoms with E-state index in [1.54, 1.807) is 61.4 Å². The molecule has 1 N–H and O–H groups in total. The Hall–Kier alpha value is -4.60. The number of nitrogens with one attached hydrogen (secondary N) is 1. The predicted molar refractivity (Wildman–Crippen MR) is 151 cm³/mol. The second kappa shape index (κ2) is 12.1. The molecule has 4 aromatic rings. The van der Waals surface area contributed by atoms with Crippen LogP contribution in [0.15, 0.2) is 66.7 Å². The number of hydrogen-bond donors (Lipinski definition) is 1. The number of hydrogen-bond acceptors (Lipinski definition) is 7. The molecule has 1 fully saturated rings. The largest absolute Gasteiger partial charge is 0.497 e. The first kappa shape index (κ1) is 27.0. The first-order valence-corrected chi connectivity index (χ1v) is 13.3. The van der Waals surface area contributed by atoms with Gasteiger partial charge in [-0.2, -0.15) is 0 Å². The number of amides is 2. The summed E-state index contributed by atoms with van der Waals surface area (Å²) in [6.45, 7) is -0.127. The van der Waals surface area contributed by atoms with Crippen LogP contribution in [0.2, 0.25) is 0 Å². The van der Waals surface area contributed by atoms with E-state index in [2.05, 4.69) is 15.6 Å². The molecule has 0 aliphatic heterocycles. The van der Waals surface area contributed by atoms with E-state index < -0.39 is 6.04 Å². The van der Waals surface area contributed by atoms with E-state index in [0.717, 1.165) is 31.2 Å². The zero-order valence-corrected chi connectivity index (χ0v) is 22.9. The minimum atomic E-state index is -1.03. The zero-order valence-electron chi connectivity index (χ0n) is 22.9. The van der Waals surface area contributed by atoms with E-state index in [9.17, 15) is 9.59 Å². The van der Waals surface area contributed by atoms with E-state index in [-0.39, 0.29) is 24.4 Å². The molecule has 5 rings (SSSR count). The summed E-state index contributed by atoms with van der Waals surface area (Å²) < 4.78 is 18.0. The van der Waals surface area contributed by atoms with Crippen LogP contribution in [0.3, 0.4) is 0 Å². The van der Waals surface area contributed by atoms with Crippen molar-refractivity contribution in [3.63, 3.8) is 0 Å². The molecule has 0 spiro atoms. The lowest BCUT2D eigenvalue weighted by atomic mass is 10.0. The number of fused-ring (bicyclic) bond motifs is 1. The topological polar surface area (TPSA) is 108 Å². The Labute approximate surface area is 232 Å². The molecule has 1 aromatic heterocycles. The maximum Gasteiger partial charge on any atom is 0.249 e. The van der Waals surface area contributed by atoms with Gasteiger partial charge in [0.2, 0.25) is 11.8 Å². The Morgan fingerprint density at radius 1 is 0.950 bits per heavy atom. The number of ether oxygens (including phenoxy) is 3. The summed E-state index contributed by atoms with van der Waals surface area (Å²) in [4.78, 5) is 29.9. The molecular formula is C30H33N5O5. The van der Waals surface area contributed by atoms with Gasteiger partial charge in [0.25, 0.3) is 0 Å². The van der Waals surface area contributed by atoms with Gasteiger partial charge in [0.05, 0.1) is 26.8 Å². The maximum absolute atomic E-state index is 14.2. The monoisotopic (exact) mass is 543 g/mol. The fraction of sp³-hybridized carbons (Fsp3) is 0.333. The molecule has 208 valence electrons. The van der Waals surface area contributed by atoms with Gasteiger partial charge in [0, 0.05) is 23.4 Å². The summed E-state index contributed by atoms with van der Waals surface area (Å²) in [5, 5.41) is 11.6. The standard InChI is InChI=1S/C30H33N5O5/c1-38-22-14-12-21(13-15-22)35(28(36)19-34-26-11-7-6-10-25(26)32-33-34)29(30(37)31-20-8-4-5-9-20)24-17-16-23(39-2)18-27(24)40-3/h6-7,10-18,20,29H,4-5,8-9,19H2,1-3H3,(H,31,37)/t29-/m0/s1. The molecule has 0 saturated heterocycles. The van der Waals surface area contributed by atoms with Crippen molar-refractivity contribution in [1.29, 1.82) is 0 Å². The molecule has 0 radical (unpaired) electrons. The normalized spacial score (nSPS) is 14.1. The minimum Gasteiger partial charge on any atom is -0.497 e. The average Bonchev–Trinajstić information content (AvgIpc) is 3.65. The van der Waals surface area contributed by atoms with Crippen molar-refractivity contribution in [3.8, 4) is 17.2 Å². The Kier molecular flexibility index (Phi) is 8.14. The van der Waals surface area contributed by atoms with Crippen LogP contribution in [-0.4, -0.2) is 54.2 Å². The lowest BCUT2D eigenvalue weighted by molar-refractivity contribution is -0.127. The minimum absolute atomic E-state index is 0.0475. The van der Waals surface area contributed by atoms with Crippen molar-refractivity contribution >= 4 is 28.5 Å². The highest BCUT2D eigenvalue weighted by Gasteiger charge is 2.36. The third-order valence-electron chi connectivity index (χ3n) is 7.27. The van der Waals surface area contributed by atoms with E-state index in [1.807, 2.05) is 24.3 Å². The average molecular weight is 544 g/mol. The summed E-state index contributed by atoms with van der Waals surface area (Å²) in [7, 11) is 4.67. The zero-order chi connectivity index (χ0) is 28.1. The van der Waals surface area contributed by atoms with E-state index >= 15 is 0 Å². The number of benzene rings is 3. The quantitative estimate of drug-likeness (QED) is 0.318. The van der Waals surface area contributed by atoms with Gasteiger partial charge in [0.1, 0.15) is 35.4 Å². The van der Waals surface area contributed by atoms with Crippen LogP contribution in [-0.2, 0) is 16.1 Å². The summed E-state index contributed by atoms with van der Waals surface area (Å²) in [5.74, 6) is 1.01. The molecule has 1 aliphatic carbocycles. The highest BCUT2D eigenvalue weighted by Crippen LogP contribution is 2.37. The van der Waals surface area contributed by atoms with Crippen LogP contribution in [0.1, 0.15) is 37.3 Å². The van der Waals surface area contributed by atoms with Crippen LogP contribution >= 0.6 is 0 Å². The number of methoxy groups -OCH3 is 3. The van der Waals surface area contributed by atoms with Crippen LogP contribution in [0.4, 0.5) is 5.69 Å². The SMILES string of the molecule is COc1ccc(N(C(=O)Cn2nnc3ccccc32)[C@H](C(=O)NC2CCCC2)c2ccc(OC)cc2OC)cc1. The van der Waals surface area contributed by atoms with E-state index in [0.29, 0.717) is 34.0 Å². The molecule has 1 saturated carbocycles. The van der Waals surface area contributed by atoms with Crippen LogP contribution < -0.4 is 24.4 Å². The van der Waals surface area contributed by atoms with Gasteiger partial charge < -0.3 is 19.5 Å². The summed E-state index contributed by atoms with van der Waals surface area (Å²) in [6.07, 6.45) is 3.92. The van der Waals surface area contributed by atoms with Gasteiger partial charge in [-0.05, 0) is 61.4 Å². The van der Waals surface area contributed by atoms with Gasteiger partial charge in [-0.15, -0.1) is 5.10 Å². The number of nitrogens with zero attached hydrogens (tertiary/aromatic N) is 4. The lowest BCUT2D eigenvalue weighted by Crippen LogP contribution is -2.47. The van der Waals surface area contributed by atoms with E-state index in [4.69, 9.17) is 14.2 Å². The van der Waals surface area contributed by atoms with Gasteiger partial charge in [-0.1, -0.05) is 30.2 Å². The third kappa shape index (κ3) is 5.56. The smallest absolute Gasteiger partial charge is 0.249 e. The molecular weight excluding hydrogens is 510 g/mol. The number of aromatic nitrogens is 3. The predicted octanol–water partition coefficient (Wildman–Crippen LogP) is 4.29. The van der Waals surface area contributed by atoms with Crippen molar-refractivity contribution in [2.45, 2.75) is 44.3 Å². The van der Waals surface area contributed by atoms with Crippen molar-refractivity contribution in [3.05, 3.63) is 72.3 Å². The molecule has 3 aromatic carbocycles. The van der Waals surface area contributed by atoms with Gasteiger partial charge in [0.15, 0.2) is 0 Å². The van der Waals surface area contributed by atoms with Crippen molar-refractivity contribution in [2.24, 2.45) is 0 Å². The number of anilines is 1. The Morgan fingerprint density at radius 3 is 2.35 bits per heavy atom. The number of para-hydroxylation sites is 1. The molecule has 0 unspecified atom stereocenters. The first-order chi connectivity index (χ1) is 19.5.